The molecule has 0 aliphatic heterocycles. The Bertz CT molecular complexity index is 748. The van der Waals surface area contributed by atoms with Crippen molar-refractivity contribution in [3.05, 3.63) is 58.6 Å². The summed E-state index contributed by atoms with van der Waals surface area (Å²) in [6.07, 6.45) is -4.50. The van der Waals surface area contributed by atoms with Crippen LogP contribution in [0.15, 0.2) is 57.9 Å². The van der Waals surface area contributed by atoms with E-state index in [0.29, 0.717) is 0 Å². The van der Waals surface area contributed by atoms with Gasteiger partial charge in [-0.15, -0.1) is 11.8 Å². The van der Waals surface area contributed by atoms with Crippen molar-refractivity contribution >= 4 is 39.3 Å². The standard InChI is InChI=1S/C17H15BrF3NO2S/c1-16(24,10-25-14-7-5-12(18)6-8-14)15(23)22-13-4-2-3-11(9-13)17(19,20)21/h2-9,24H,10H2,1H3,(H,22,23)/t16-/m1/s1. The molecule has 0 fully saturated rings. The number of carbonyl (C=O) groups excluding carboxylic acids is 1. The second-order valence-corrected chi connectivity index (χ2v) is 7.51. The van der Waals surface area contributed by atoms with Crippen LogP contribution in [-0.2, 0) is 11.0 Å². The van der Waals surface area contributed by atoms with Crippen molar-refractivity contribution < 1.29 is 23.1 Å². The molecular weight excluding hydrogens is 419 g/mol. The van der Waals surface area contributed by atoms with Gasteiger partial charge in [-0.3, -0.25) is 4.79 Å². The molecule has 1 atom stereocenters. The third kappa shape index (κ3) is 5.76. The molecule has 0 heterocycles. The summed E-state index contributed by atoms with van der Waals surface area (Å²) in [4.78, 5) is 13.1. The number of rotatable bonds is 5. The summed E-state index contributed by atoms with van der Waals surface area (Å²) in [5, 5.41) is 12.7. The Balaban J connectivity index is 2.02. The number of nitrogens with one attached hydrogen (secondary N) is 1. The number of halogens is 4. The number of aliphatic hydroxyl groups is 1. The first kappa shape index (κ1) is 19.8. The predicted molar refractivity (Wildman–Crippen MR) is 95.6 cm³/mol. The predicted octanol–water partition coefficient (Wildman–Crippen LogP) is 4.95. The van der Waals surface area contributed by atoms with Gasteiger partial charge in [-0.05, 0) is 49.4 Å². The second kappa shape index (κ2) is 7.80. The highest BCUT2D eigenvalue weighted by Crippen LogP contribution is 2.31. The Morgan fingerprint density at radius 2 is 1.84 bits per heavy atom. The fourth-order valence-corrected chi connectivity index (χ4v) is 3.03. The Morgan fingerprint density at radius 1 is 1.20 bits per heavy atom. The number of thioether (sulfide) groups is 1. The van der Waals surface area contributed by atoms with E-state index in [1.165, 1.54) is 30.8 Å². The van der Waals surface area contributed by atoms with E-state index in [9.17, 15) is 23.1 Å². The first-order chi connectivity index (χ1) is 11.6. The van der Waals surface area contributed by atoms with Crippen molar-refractivity contribution in [3.8, 4) is 0 Å². The molecule has 2 rings (SSSR count). The zero-order valence-electron chi connectivity index (χ0n) is 13.1. The van der Waals surface area contributed by atoms with Crippen LogP contribution in [0.25, 0.3) is 0 Å². The first-order valence-electron chi connectivity index (χ1n) is 7.17. The fourth-order valence-electron chi connectivity index (χ4n) is 1.86. The van der Waals surface area contributed by atoms with Crippen LogP contribution in [0.4, 0.5) is 18.9 Å². The number of hydrogen-bond donors (Lipinski definition) is 2. The van der Waals surface area contributed by atoms with Crippen LogP contribution in [0.1, 0.15) is 12.5 Å². The second-order valence-electron chi connectivity index (χ2n) is 5.55. The van der Waals surface area contributed by atoms with Crippen molar-refractivity contribution in [2.24, 2.45) is 0 Å². The molecule has 2 aromatic carbocycles. The van der Waals surface area contributed by atoms with Gasteiger partial charge in [0.05, 0.1) is 5.56 Å². The Labute approximate surface area is 155 Å². The van der Waals surface area contributed by atoms with Crippen LogP contribution < -0.4 is 5.32 Å². The SMILES string of the molecule is C[C@@](O)(CSc1ccc(Br)cc1)C(=O)Nc1cccc(C(F)(F)F)c1. The van der Waals surface area contributed by atoms with Gasteiger partial charge >= 0.3 is 6.18 Å². The van der Waals surface area contributed by atoms with Crippen LogP contribution in [0.3, 0.4) is 0 Å². The van der Waals surface area contributed by atoms with Crippen LogP contribution in [0.2, 0.25) is 0 Å². The van der Waals surface area contributed by atoms with E-state index in [1.54, 1.807) is 0 Å². The molecule has 0 aliphatic carbocycles. The maximum atomic E-state index is 12.7. The molecule has 1 amide bonds. The van der Waals surface area contributed by atoms with Crippen molar-refractivity contribution in [3.63, 3.8) is 0 Å². The number of amides is 1. The minimum Gasteiger partial charge on any atom is -0.379 e. The number of alkyl halides is 3. The molecule has 2 aromatic rings. The lowest BCUT2D eigenvalue weighted by atomic mass is 10.1. The van der Waals surface area contributed by atoms with Crippen LogP contribution >= 0.6 is 27.7 Å². The lowest BCUT2D eigenvalue weighted by Crippen LogP contribution is -2.42. The Hall–Kier alpha value is -1.51. The monoisotopic (exact) mass is 433 g/mol. The average Bonchev–Trinajstić information content (AvgIpc) is 2.54. The normalized spacial score (nSPS) is 14.0. The average molecular weight is 434 g/mol. The van der Waals surface area contributed by atoms with Crippen LogP contribution in [-0.4, -0.2) is 22.4 Å². The zero-order chi connectivity index (χ0) is 18.7. The summed E-state index contributed by atoms with van der Waals surface area (Å²) in [7, 11) is 0. The van der Waals surface area contributed by atoms with Gasteiger partial charge < -0.3 is 10.4 Å². The highest BCUT2D eigenvalue weighted by molar-refractivity contribution is 9.10. The molecule has 0 aliphatic rings. The largest absolute Gasteiger partial charge is 0.416 e. The van der Waals surface area contributed by atoms with E-state index in [0.717, 1.165) is 21.5 Å². The summed E-state index contributed by atoms with van der Waals surface area (Å²) >= 11 is 4.58. The van der Waals surface area contributed by atoms with E-state index in [1.807, 2.05) is 24.3 Å². The summed E-state index contributed by atoms with van der Waals surface area (Å²) < 4.78 is 39.0. The van der Waals surface area contributed by atoms with Crippen molar-refractivity contribution in [1.82, 2.24) is 0 Å². The molecule has 0 bridgehead atoms. The van der Waals surface area contributed by atoms with Crippen LogP contribution in [0.5, 0.6) is 0 Å². The van der Waals surface area contributed by atoms with E-state index >= 15 is 0 Å². The van der Waals surface area contributed by atoms with Gasteiger partial charge in [0.2, 0.25) is 0 Å². The molecule has 2 N–H and O–H groups in total. The van der Waals surface area contributed by atoms with Crippen molar-refractivity contribution in [2.45, 2.75) is 23.6 Å². The molecule has 0 saturated heterocycles. The maximum Gasteiger partial charge on any atom is 0.416 e. The molecule has 25 heavy (non-hydrogen) atoms. The van der Waals surface area contributed by atoms with Gasteiger partial charge in [0, 0.05) is 20.8 Å². The minimum atomic E-state index is -4.50. The maximum absolute atomic E-state index is 12.7. The van der Waals surface area contributed by atoms with Gasteiger partial charge in [-0.25, -0.2) is 0 Å². The quantitative estimate of drug-likeness (QED) is 0.655. The van der Waals surface area contributed by atoms with Gasteiger partial charge in [-0.1, -0.05) is 22.0 Å². The third-order valence-electron chi connectivity index (χ3n) is 3.27. The van der Waals surface area contributed by atoms with E-state index in [4.69, 9.17) is 0 Å². The summed E-state index contributed by atoms with van der Waals surface area (Å²) in [6.45, 7) is 1.32. The molecule has 8 heteroatoms. The van der Waals surface area contributed by atoms with Crippen LogP contribution in [0, 0.1) is 0 Å². The van der Waals surface area contributed by atoms with Gasteiger partial charge in [0.25, 0.3) is 5.91 Å². The van der Waals surface area contributed by atoms with E-state index in [2.05, 4.69) is 21.2 Å². The Morgan fingerprint density at radius 3 is 2.44 bits per heavy atom. The number of anilines is 1. The molecule has 0 unspecified atom stereocenters. The summed E-state index contributed by atoms with van der Waals surface area (Å²) in [5.41, 5.74) is -2.63. The molecule has 0 saturated carbocycles. The van der Waals surface area contributed by atoms with Gasteiger partial charge in [0.1, 0.15) is 5.60 Å². The highest BCUT2D eigenvalue weighted by Gasteiger charge is 2.32. The topological polar surface area (TPSA) is 49.3 Å². The summed E-state index contributed by atoms with van der Waals surface area (Å²) in [6, 6.07) is 11.6. The van der Waals surface area contributed by atoms with Gasteiger partial charge in [0.15, 0.2) is 0 Å². The van der Waals surface area contributed by atoms with Gasteiger partial charge in [-0.2, -0.15) is 13.2 Å². The summed E-state index contributed by atoms with van der Waals surface area (Å²) in [5.74, 6) is -0.712. The molecule has 134 valence electrons. The lowest BCUT2D eigenvalue weighted by Gasteiger charge is -2.22. The Kier molecular flexibility index (Phi) is 6.18. The number of carbonyl (C=O) groups is 1. The van der Waals surface area contributed by atoms with Crippen molar-refractivity contribution in [2.75, 3.05) is 11.1 Å². The van der Waals surface area contributed by atoms with E-state index < -0.39 is 23.2 Å². The molecular formula is C17H15BrF3NO2S. The highest BCUT2D eigenvalue weighted by atomic mass is 79.9. The third-order valence-corrected chi connectivity index (χ3v) is 5.11. The minimum absolute atomic E-state index is 0.0197. The van der Waals surface area contributed by atoms with Crippen molar-refractivity contribution in [1.29, 1.82) is 0 Å². The molecule has 0 radical (unpaired) electrons. The molecule has 0 aromatic heterocycles. The lowest BCUT2D eigenvalue weighted by molar-refractivity contribution is -0.137. The number of hydrogen-bond acceptors (Lipinski definition) is 3. The number of benzene rings is 2. The fraction of sp³-hybridized carbons (Fsp3) is 0.235. The molecule has 0 spiro atoms. The molecule has 3 nitrogen and oxygen atoms in total. The first-order valence-corrected chi connectivity index (χ1v) is 8.95. The zero-order valence-corrected chi connectivity index (χ0v) is 15.5. The van der Waals surface area contributed by atoms with E-state index in [-0.39, 0.29) is 11.4 Å². The smallest absolute Gasteiger partial charge is 0.379 e.